The second-order valence-corrected chi connectivity index (χ2v) is 9.12. The van der Waals surface area contributed by atoms with Crippen molar-refractivity contribution in [2.24, 2.45) is 0 Å². The topological polar surface area (TPSA) is 66.4 Å². The number of carbonyl (C=O) groups is 1. The Kier molecular flexibility index (Phi) is 4.89. The molecule has 0 aliphatic carbocycles. The van der Waals surface area contributed by atoms with E-state index in [4.69, 9.17) is 0 Å². The molecule has 1 unspecified atom stereocenters. The highest BCUT2D eigenvalue weighted by Crippen LogP contribution is 2.36. The van der Waals surface area contributed by atoms with Crippen LogP contribution in [0.4, 0.5) is 5.69 Å². The summed E-state index contributed by atoms with van der Waals surface area (Å²) in [5.41, 5.74) is 3.05. The van der Waals surface area contributed by atoms with Crippen molar-refractivity contribution in [1.29, 1.82) is 0 Å². The number of nitrogens with one attached hydrogen (secondary N) is 1. The van der Waals surface area contributed by atoms with Crippen molar-refractivity contribution in [2.75, 3.05) is 4.72 Å². The summed E-state index contributed by atoms with van der Waals surface area (Å²) < 4.78 is 16.1. The van der Waals surface area contributed by atoms with Crippen molar-refractivity contribution >= 4 is 38.6 Å². The number of aromatic carboxylic acids is 1. The van der Waals surface area contributed by atoms with Gasteiger partial charge in [-0.2, -0.15) is 0 Å². The van der Waals surface area contributed by atoms with Crippen LogP contribution >= 0.6 is 11.3 Å². The van der Waals surface area contributed by atoms with Crippen molar-refractivity contribution in [3.8, 4) is 10.4 Å². The zero-order valence-electron chi connectivity index (χ0n) is 14.5. The zero-order chi connectivity index (χ0) is 18.9. The minimum absolute atomic E-state index is 0.116. The number of carboxylic acid groups (broad SMARTS) is 1. The molecule has 134 valence electrons. The molecule has 3 rings (SSSR count). The number of anilines is 1. The normalized spacial score (nSPS) is 13.2. The third-order valence-corrected chi connectivity index (χ3v) is 6.83. The van der Waals surface area contributed by atoms with Crippen molar-refractivity contribution in [3.63, 3.8) is 0 Å². The van der Waals surface area contributed by atoms with Crippen LogP contribution in [-0.2, 0) is 9.71 Å². The molecule has 2 aromatic carbocycles. The van der Waals surface area contributed by atoms with E-state index in [0.717, 1.165) is 32.9 Å². The zero-order valence-corrected chi connectivity index (χ0v) is 16.1. The van der Waals surface area contributed by atoms with E-state index in [2.05, 4.69) is 10.6 Å². The van der Waals surface area contributed by atoms with Crippen LogP contribution in [0.5, 0.6) is 0 Å². The lowest BCUT2D eigenvalue weighted by Crippen LogP contribution is -2.15. The molecule has 0 aliphatic heterocycles. The molecule has 6 heteroatoms. The Bertz CT molecular complexity index is 1070. The molecule has 1 heterocycles. The van der Waals surface area contributed by atoms with Gasteiger partial charge >= 0.3 is 5.97 Å². The fourth-order valence-electron chi connectivity index (χ4n) is 2.67. The monoisotopic (exact) mass is 385 g/mol. The first-order valence-corrected chi connectivity index (χ1v) is 10.5. The Labute approximate surface area is 157 Å². The lowest BCUT2D eigenvalue weighted by atomic mass is 10.2. The molecule has 0 aliphatic rings. The van der Waals surface area contributed by atoms with Crippen molar-refractivity contribution in [3.05, 3.63) is 70.6 Å². The summed E-state index contributed by atoms with van der Waals surface area (Å²) in [6, 6.07) is 16.9. The minimum atomic E-state index is -2.90. The van der Waals surface area contributed by atoms with E-state index in [1.807, 2.05) is 62.4 Å². The van der Waals surface area contributed by atoms with Crippen LogP contribution in [0.25, 0.3) is 10.4 Å². The first kappa shape index (κ1) is 18.2. The van der Waals surface area contributed by atoms with Gasteiger partial charge in [-0.05, 0) is 48.5 Å². The van der Waals surface area contributed by atoms with Crippen LogP contribution in [0.3, 0.4) is 0 Å². The first-order valence-electron chi connectivity index (χ1n) is 7.93. The smallest absolute Gasteiger partial charge is 0.348 e. The molecule has 0 spiro atoms. The van der Waals surface area contributed by atoms with Crippen molar-refractivity contribution < 1.29 is 14.1 Å². The Hall–Kier alpha value is -2.57. The second kappa shape index (κ2) is 6.97. The molecule has 26 heavy (non-hydrogen) atoms. The highest BCUT2D eigenvalue weighted by Gasteiger charge is 2.20. The maximum atomic E-state index is 13.2. The van der Waals surface area contributed by atoms with E-state index in [9.17, 15) is 14.1 Å². The van der Waals surface area contributed by atoms with Crippen LogP contribution in [0, 0.1) is 13.8 Å². The number of aryl methyl sites for hydroxylation is 2. The lowest BCUT2D eigenvalue weighted by molar-refractivity contribution is 0.0703. The first-order chi connectivity index (χ1) is 12.3. The number of thiophene rings is 1. The molecule has 0 fully saturated rings. The van der Waals surface area contributed by atoms with Gasteiger partial charge in [-0.3, -0.25) is 0 Å². The predicted octanol–water partition coefficient (Wildman–Crippen LogP) is 4.83. The quantitative estimate of drug-likeness (QED) is 0.618. The van der Waals surface area contributed by atoms with Crippen LogP contribution < -0.4 is 4.72 Å². The van der Waals surface area contributed by atoms with E-state index in [0.29, 0.717) is 10.6 Å². The summed E-state index contributed by atoms with van der Waals surface area (Å²) in [4.78, 5) is 13.2. The van der Waals surface area contributed by atoms with Crippen LogP contribution in [-0.4, -0.2) is 21.2 Å². The average molecular weight is 386 g/mol. The number of rotatable bonds is 5. The SMILES string of the molecule is C=S(=O)(Nc1cc(-c2ccccc2)sc1C(=O)O)c1cc(C)ccc1C. The fourth-order valence-corrected chi connectivity index (χ4v) is 5.28. The van der Waals surface area contributed by atoms with Crippen molar-refractivity contribution in [2.45, 2.75) is 18.7 Å². The number of benzene rings is 2. The maximum absolute atomic E-state index is 13.2. The summed E-state index contributed by atoms with van der Waals surface area (Å²) in [6.07, 6.45) is 0. The Morgan fingerprint density at radius 2 is 1.81 bits per heavy atom. The Morgan fingerprint density at radius 1 is 1.12 bits per heavy atom. The van der Waals surface area contributed by atoms with E-state index in [1.165, 1.54) is 0 Å². The van der Waals surface area contributed by atoms with Gasteiger partial charge < -0.3 is 9.83 Å². The van der Waals surface area contributed by atoms with E-state index < -0.39 is 15.7 Å². The summed E-state index contributed by atoms with van der Waals surface area (Å²) in [7, 11) is -2.90. The lowest BCUT2D eigenvalue weighted by Gasteiger charge is -2.15. The van der Waals surface area contributed by atoms with Gasteiger partial charge in [0.15, 0.2) is 0 Å². The Morgan fingerprint density at radius 3 is 2.46 bits per heavy atom. The maximum Gasteiger partial charge on any atom is 0.348 e. The van der Waals surface area contributed by atoms with Gasteiger partial charge in [0.1, 0.15) is 4.88 Å². The molecule has 0 bridgehead atoms. The Balaban J connectivity index is 2.05. The van der Waals surface area contributed by atoms with Gasteiger partial charge in [-0.25, -0.2) is 9.00 Å². The van der Waals surface area contributed by atoms with E-state index in [1.54, 1.807) is 6.07 Å². The molecule has 0 saturated heterocycles. The third kappa shape index (κ3) is 3.66. The van der Waals surface area contributed by atoms with Gasteiger partial charge in [0.25, 0.3) is 0 Å². The largest absolute Gasteiger partial charge is 0.477 e. The highest BCUT2D eigenvalue weighted by molar-refractivity contribution is 8.01. The molecule has 1 atom stereocenters. The van der Waals surface area contributed by atoms with Crippen LogP contribution in [0.15, 0.2) is 59.5 Å². The number of hydrogen-bond acceptors (Lipinski definition) is 3. The average Bonchev–Trinajstić information content (AvgIpc) is 3.01. The van der Waals surface area contributed by atoms with Gasteiger partial charge in [0, 0.05) is 4.88 Å². The number of hydrogen-bond donors (Lipinski definition) is 2. The molecule has 2 N–H and O–H groups in total. The van der Waals surface area contributed by atoms with Crippen LogP contribution in [0.2, 0.25) is 0 Å². The predicted molar refractivity (Wildman–Crippen MR) is 110 cm³/mol. The van der Waals surface area contributed by atoms with Crippen LogP contribution in [0.1, 0.15) is 20.8 Å². The van der Waals surface area contributed by atoms with Crippen molar-refractivity contribution in [1.82, 2.24) is 0 Å². The molecule has 0 radical (unpaired) electrons. The molecular formula is C20H19NO3S2. The van der Waals surface area contributed by atoms with Gasteiger partial charge in [0.05, 0.1) is 20.3 Å². The second-order valence-electron chi connectivity index (χ2n) is 6.07. The molecule has 1 aromatic heterocycles. The molecular weight excluding hydrogens is 366 g/mol. The molecule has 4 nitrogen and oxygen atoms in total. The fraction of sp³-hybridized carbons (Fsp3) is 0.100. The highest BCUT2D eigenvalue weighted by atomic mass is 32.2. The minimum Gasteiger partial charge on any atom is -0.477 e. The summed E-state index contributed by atoms with van der Waals surface area (Å²) in [5.74, 6) is 2.79. The van der Waals surface area contributed by atoms with E-state index in [-0.39, 0.29) is 4.88 Å². The number of carboxylic acids is 1. The summed E-state index contributed by atoms with van der Waals surface area (Å²) in [6.45, 7) is 3.78. The molecule has 0 amide bonds. The third-order valence-electron chi connectivity index (χ3n) is 3.96. The van der Waals surface area contributed by atoms with Gasteiger partial charge in [-0.1, -0.05) is 42.5 Å². The molecule has 0 saturated carbocycles. The summed E-state index contributed by atoms with van der Waals surface area (Å²) in [5, 5.41) is 9.55. The standard InChI is InChI=1S/C20H19NO3S2/c1-13-9-10-14(2)18(11-13)26(3,24)21-16-12-17(25-19(16)20(22)23)15-7-5-4-6-8-15/h4-12H,3H2,1-2H3,(H,21,24)(H,22,23). The van der Waals surface area contributed by atoms with Gasteiger partial charge in [-0.15, -0.1) is 11.3 Å². The molecule has 3 aromatic rings. The summed E-state index contributed by atoms with van der Waals surface area (Å²) >= 11 is 1.15. The van der Waals surface area contributed by atoms with Gasteiger partial charge in [0.2, 0.25) is 0 Å². The van der Waals surface area contributed by atoms with E-state index >= 15 is 0 Å².